The summed E-state index contributed by atoms with van der Waals surface area (Å²) in [5.41, 5.74) is 0. The largest absolute Gasteiger partial charge is 0.391 e. The molecule has 0 radical (unpaired) electrons. The molecule has 15 heavy (non-hydrogen) atoms. The minimum absolute atomic E-state index is 0. The molecule has 0 heterocycles. The van der Waals surface area contributed by atoms with Crippen LogP contribution in [0.1, 0.15) is 0 Å². The number of aliphatic hydroxyl groups is 2. The maximum atomic E-state index is 8.39. The number of hydrogen-bond donors (Lipinski definition) is 2. The third-order valence-corrected chi connectivity index (χ3v) is 1.54. The molecule has 0 fully saturated rings. The summed E-state index contributed by atoms with van der Waals surface area (Å²) in [5, 5.41) is 16.8. The van der Waals surface area contributed by atoms with Gasteiger partial charge >= 0.3 is 0 Å². The molecule has 0 amide bonds. The predicted molar refractivity (Wildman–Crippen MR) is 69.9 cm³/mol. The Morgan fingerprint density at radius 3 is 0.867 bits per heavy atom. The van der Waals surface area contributed by atoms with Gasteiger partial charge in [-0.2, -0.15) is 0 Å². The van der Waals surface area contributed by atoms with Gasteiger partial charge < -0.3 is 19.2 Å². The second kappa shape index (κ2) is 9.59. The van der Waals surface area contributed by atoms with E-state index in [4.69, 9.17) is 10.2 Å². The molecular weight excluding hydrogens is 207 g/mol. The summed E-state index contributed by atoms with van der Waals surface area (Å²) in [7, 11) is 12.3. The van der Waals surface area contributed by atoms with Gasteiger partial charge in [-0.05, 0) is 0 Å². The van der Waals surface area contributed by atoms with E-state index in [1.54, 1.807) is 0 Å². The van der Waals surface area contributed by atoms with Gasteiger partial charge in [-0.15, -0.1) is 0 Å². The Bertz CT molecular complexity index is 114. The van der Waals surface area contributed by atoms with Crippen molar-refractivity contribution < 1.29 is 19.2 Å². The van der Waals surface area contributed by atoms with Gasteiger partial charge in [-0.25, -0.2) is 0 Å². The molecule has 0 aliphatic rings. The van der Waals surface area contributed by atoms with Crippen molar-refractivity contribution in [3.05, 3.63) is 0 Å². The van der Waals surface area contributed by atoms with Crippen molar-refractivity contribution >= 4 is 17.4 Å². The fourth-order valence-corrected chi connectivity index (χ4v) is 0.600. The number of hydrogen-bond acceptors (Lipinski definition) is 2. The molecule has 5 heteroatoms. The van der Waals surface area contributed by atoms with Crippen molar-refractivity contribution in [3.8, 4) is 0 Å². The van der Waals surface area contributed by atoms with Crippen LogP contribution in [-0.2, 0) is 0 Å². The van der Waals surface area contributed by atoms with E-state index in [-0.39, 0.29) is 30.6 Å². The monoisotopic (exact) mass is 238 g/mol. The van der Waals surface area contributed by atoms with Crippen LogP contribution in [0.4, 0.5) is 0 Å². The average molecular weight is 238 g/mol. The highest BCUT2D eigenvalue weighted by Crippen LogP contribution is 1.85. The first kappa shape index (κ1) is 20.7. The lowest BCUT2D eigenvalue weighted by atomic mass is 10.5. The minimum Gasteiger partial charge on any atom is -0.391 e. The summed E-state index contributed by atoms with van der Waals surface area (Å²) >= 11 is 0. The molecule has 0 unspecified atom stereocenters. The molecule has 0 aromatic carbocycles. The lowest BCUT2D eigenvalue weighted by molar-refractivity contribution is -0.870. The van der Waals surface area contributed by atoms with Crippen molar-refractivity contribution in [1.29, 1.82) is 0 Å². The summed E-state index contributed by atoms with van der Waals surface area (Å²) in [5.74, 6) is 0. The van der Waals surface area contributed by atoms with Gasteiger partial charge in [0, 0.05) is 0 Å². The SMILES string of the molecule is C[N+](C)(C)CCO.C[N+](C)(C)CCO.[AlH3]. The van der Waals surface area contributed by atoms with Crippen LogP contribution in [0, 0.1) is 0 Å². The number of nitrogens with zero attached hydrogens (tertiary/aromatic N) is 2. The first-order valence-corrected chi connectivity index (χ1v) is 4.95. The first-order chi connectivity index (χ1) is 6.12. The van der Waals surface area contributed by atoms with Crippen LogP contribution in [0.25, 0.3) is 0 Å². The number of aliphatic hydroxyl groups excluding tert-OH is 2. The van der Waals surface area contributed by atoms with E-state index in [1.165, 1.54) is 0 Å². The van der Waals surface area contributed by atoms with Gasteiger partial charge in [-0.1, -0.05) is 0 Å². The molecule has 0 aliphatic heterocycles. The Kier molecular flexibility index (Phi) is 13.3. The van der Waals surface area contributed by atoms with Gasteiger partial charge in [0.05, 0.1) is 55.5 Å². The second-order valence-corrected chi connectivity index (χ2v) is 5.48. The summed E-state index contributed by atoms with van der Waals surface area (Å²) in [4.78, 5) is 0. The fraction of sp³-hybridized carbons (Fsp3) is 1.00. The molecule has 0 saturated heterocycles. The van der Waals surface area contributed by atoms with Crippen molar-refractivity contribution in [1.82, 2.24) is 0 Å². The molecule has 94 valence electrons. The normalized spacial score (nSPS) is 11.2. The average Bonchev–Trinajstić information content (AvgIpc) is 1.81. The second-order valence-electron chi connectivity index (χ2n) is 5.48. The van der Waals surface area contributed by atoms with E-state index in [9.17, 15) is 0 Å². The number of likely N-dealkylation sites (N-methyl/N-ethyl adjacent to an activating group) is 2. The molecule has 0 bridgehead atoms. The molecular formula is C10H31AlN2O2+2. The van der Waals surface area contributed by atoms with Gasteiger partial charge in [0.25, 0.3) is 0 Å². The van der Waals surface area contributed by atoms with Crippen molar-refractivity contribution in [2.45, 2.75) is 0 Å². The zero-order valence-corrected chi connectivity index (χ0v) is 10.6. The highest BCUT2D eigenvalue weighted by atomic mass is 27.0. The maximum absolute atomic E-state index is 8.39. The Morgan fingerprint density at radius 2 is 0.867 bits per heavy atom. The van der Waals surface area contributed by atoms with Gasteiger partial charge in [0.2, 0.25) is 0 Å². The minimum atomic E-state index is 0. The highest BCUT2D eigenvalue weighted by Gasteiger charge is 2.02. The highest BCUT2D eigenvalue weighted by molar-refractivity contribution is 5.75. The van der Waals surface area contributed by atoms with Gasteiger partial charge in [0.15, 0.2) is 17.4 Å². The Labute approximate surface area is 105 Å². The molecule has 2 N–H and O–H groups in total. The molecule has 0 atom stereocenters. The zero-order valence-electron chi connectivity index (χ0n) is 10.6. The third-order valence-electron chi connectivity index (χ3n) is 1.54. The lowest BCUT2D eigenvalue weighted by Gasteiger charge is -2.21. The number of quaternary nitrogens is 2. The van der Waals surface area contributed by atoms with Crippen LogP contribution < -0.4 is 0 Å². The van der Waals surface area contributed by atoms with Crippen LogP contribution >= 0.6 is 0 Å². The Balaban J connectivity index is -0.000000180. The molecule has 0 rings (SSSR count). The lowest BCUT2D eigenvalue weighted by Crippen LogP contribution is -2.36. The molecule has 0 saturated carbocycles. The Morgan fingerprint density at radius 1 is 0.667 bits per heavy atom. The maximum Gasteiger partial charge on any atom is 0.187 e. The van der Waals surface area contributed by atoms with Crippen molar-refractivity contribution in [3.63, 3.8) is 0 Å². The van der Waals surface area contributed by atoms with Crippen LogP contribution in [-0.4, -0.2) is 105 Å². The third kappa shape index (κ3) is 31.4. The molecule has 4 nitrogen and oxygen atoms in total. The van der Waals surface area contributed by atoms with Crippen molar-refractivity contribution in [2.75, 3.05) is 68.6 Å². The smallest absolute Gasteiger partial charge is 0.187 e. The van der Waals surface area contributed by atoms with Crippen LogP contribution in [0.5, 0.6) is 0 Å². The predicted octanol–water partition coefficient (Wildman–Crippen LogP) is -1.81. The van der Waals surface area contributed by atoms with Crippen LogP contribution in [0.15, 0.2) is 0 Å². The summed E-state index contributed by atoms with van der Waals surface area (Å²) in [6.07, 6.45) is 0. The molecule has 0 aliphatic carbocycles. The van der Waals surface area contributed by atoms with Gasteiger partial charge in [0.1, 0.15) is 13.1 Å². The van der Waals surface area contributed by atoms with E-state index >= 15 is 0 Å². The quantitative estimate of drug-likeness (QED) is 0.447. The summed E-state index contributed by atoms with van der Waals surface area (Å²) in [6.45, 7) is 2.23. The van der Waals surface area contributed by atoms with E-state index in [1.807, 2.05) is 0 Å². The summed E-state index contributed by atoms with van der Waals surface area (Å²) in [6, 6.07) is 0. The standard InChI is InChI=1S/2C5H14NO.Al.3H/c2*1-6(2,3)4-5-7;;;;/h2*7H,4-5H2,1-3H3;;;;/q2*+1;;;;. The van der Waals surface area contributed by atoms with E-state index in [2.05, 4.69) is 42.3 Å². The van der Waals surface area contributed by atoms with E-state index < -0.39 is 0 Å². The number of rotatable bonds is 4. The van der Waals surface area contributed by atoms with E-state index in [0.717, 1.165) is 22.1 Å². The van der Waals surface area contributed by atoms with Crippen LogP contribution in [0.3, 0.4) is 0 Å². The Hall–Kier alpha value is 0.372. The van der Waals surface area contributed by atoms with Gasteiger partial charge in [-0.3, -0.25) is 0 Å². The zero-order chi connectivity index (χ0) is 11.8. The topological polar surface area (TPSA) is 40.5 Å². The summed E-state index contributed by atoms with van der Waals surface area (Å²) < 4.78 is 1.69. The molecule has 0 aromatic rings. The molecule has 0 spiro atoms. The fourth-order valence-electron chi connectivity index (χ4n) is 0.600. The van der Waals surface area contributed by atoms with Crippen molar-refractivity contribution in [2.24, 2.45) is 0 Å². The van der Waals surface area contributed by atoms with Crippen LogP contribution in [0.2, 0.25) is 0 Å². The molecule has 0 aromatic heterocycles. The first-order valence-electron chi connectivity index (χ1n) is 4.95. The van der Waals surface area contributed by atoms with E-state index in [0.29, 0.717) is 0 Å².